The fourth-order valence-electron chi connectivity index (χ4n) is 2.72. The minimum atomic E-state index is -0.0115. The lowest BCUT2D eigenvalue weighted by atomic mass is 10.2. The number of guanidine groups is 1. The maximum Gasteiger partial charge on any atom is 0.243 e. The van der Waals surface area contributed by atoms with Crippen LogP contribution in [0.3, 0.4) is 0 Å². The molecule has 0 aromatic heterocycles. The third-order valence-electron chi connectivity index (χ3n) is 4.25. The molecule has 8 heteroatoms. The zero-order chi connectivity index (χ0) is 19.1. The highest BCUT2D eigenvalue weighted by Crippen LogP contribution is 2.23. The van der Waals surface area contributed by atoms with Crippen molar-refractivity contribution >= 4 is 53.1 Å². The zero-order valence-corrected chi connectivity index (χ0v) is 19.6. The Morgan fingerprint density at radius 2 is 2.15 bits per heavy atom. The molecule has 0 aliphatic carbocycles. The average Bonchev–Trinajstić information content (AvgIpc) is 3.05. The van der Waals surface area contributed by atoms with Gasteiger partial charge in [0, 0.05) is 50.5 Å². The fourth-order valence-corrected chi connectivity index (χ4v) is 2.90. The van der Waals surface area contributed by atoms with Crippen molar-refractivity contribution in [1.82, 2.24) is 15.5 Å². The predicted molar refractivity (Wildman–Crippen MR) is 124 cm³/mol. The summed E-state index contributed by atoms with van der Waals surface area (Å²) in [6.07, 6.45) is 1.01. The van der Waals surface area contributed by atoms with Crippen LogP contribution in [0.25, 0.3) is 0 Å². The highest BCUT2D eigenvalue weighted by molar-refractivity contribution is 14.0. The molecular weight excluding hydrogens is 477 g/mol. The topological polar surface area (TPSA) is 60.0 Å². The van der Waals surface area contributed by atoms with Crippen molar-refractivity contribution in [2.24, 2.45) is 10.9 Å². The molecule has 1 aliphatic rings. The third kappa shape index (κ3) is 8.13. The Morgan fingerprint density at radius 3 is 2.78 bits per heavy atom. The number of likely N-dealkylation sites (N-methyl/N-ethyl adjacent to an activating group) is 1. The van der Waals surface area contributed by atoms with Gasteiger partial charge in [-0.25, -0.2) is 4.99 Å². The van der Waals surface area contributed by atoms with Gasteiger partial charge >= 0.3 is 0 Å². The fraction of sp³-hybridized carbons (Fsp3) is 0.579. The molecule has 1 saturated heterocycles. The first-order chi connectivity index (χ1) is 12.3. The summed E-state index contributed by atoms with van der Waals surface area (Å²) < 4.78 is 0. The van der Waals surface area contributed by atoms with Crippen LogP contribution in [0, 0.1) is 5.92 Å². The quantitative estimate of drug-likeness (QED) is 0.353. The summed E-state index contributed by atoms with van der Waals surface area (Å²) in [4.78, 5) is 20.2. The van der Waals surface area contributed by atoms with Crippen LogP contribution in [0.15, 0.2) is 29.3 Å². The Balaban J connectivity index is 0.00000364. The van der Waals surface area contributed by atoms with Gasteiger partial charge in [0.1, 0.15) is 6.54 Å². The number of amides is 1. The van der Waals surface area contributed by atoms with Crippen LogP contribution in [-0.2, 0) is 4.79 Å². The number of benzene rings is 1. The van der Waals surface area contributed by atoms with Crippen molar-refractivity contribution < 1.29 is 4.79 Å². The van der Waals surface area contributed by atoms with Crippen LogP contribution in [0.1, 0.15) is 20.3 Å². The van der Waals surface area contributed by atoms with Crippen LogP contribution >= 0.6 is 35.6 Å². The van der Waals surface area contributed by atoms with E-state index < -0.39 is 0 Å². The molecule has 27 heavy (non-hydrogen) atoms. The number of hydrogen-bond donors (Lipinski definition) is 2. The van der Waals surface area contributed by atoms with Crippen LogP contribution < -0.4 is 15.5 Å². The van der Waals surface area contributed by atoms with Crippen molar-refractivity contribution in [1.29, 1.82) is 0 Å². The van der Waals surface area contributed by atoms with Gasteiger partial charge in [0.2, 0.25) is 5.91 Å². The second-order valence-electron chi connectivity index (χ2n) is 7.28. The molecule has 0 spiro atoms. The molecule has 1 aromatic carbocycles. The van der Waals surface area contributed by atoms with E-state index >= 15 is 0 Å². The lowest BCUT2D eigenvalue weighted by Crippen LogP contribution is -2.46. The van der Waals surface area contributed by atoms with Crippen LogP contribution in [0.2, 0.25) is 5.02 Å². The van der Waals surface area contributed by atoms with Crippen LogP contribution in [0.5, 0.6) is 0 Å². The Kier molecular flexibility index (Phi) is 10.2. The largest absolute Gasteiger partial charge is 0.369 e. The molecule has 1 aromatic rings. The molecule has 1 amide bonds. The summed E-state index contributed by atoms with van der Waals surface area (Å²) in [5.74, 6) is 1.19. The molecular formula is C19H31ClIN5O. The molecule has 2 rings (SSSR count). The SMILES string of the molecule is CC(C)CNC(=NCC(=O)N(C)C)NC1CCN(c2cccc(Cl)c2)C1.I. The third-order valence-corrected chi connectivity index (χ3v) is 4.49. The molecule has 1 aliphatic heterocycles. The number of carbonyl (C=O) groups is 1. The lowest BCUT2D eigenvalue weighted by Gasteiger charge is -2.21. The minimum absolute atomic E-state index is 0. The van der Waals surface area contributed by atoms with Gasteiger partial charge in [0.05, 0.1) is 0 Å². The van der Waals surface area contributed by atoms with E-state index in [9.17, 15) is 4.79 Å². The first kappa shape index (κ1) is 23.8. The van der Waals surface area contributed by atoms with Crippen molar-refractivity contribution in [2.45, 2.75) is 26.3 Å². The number of aliphatic imine (C=N–C) groups is 1. The van der Waals surface area contributed by atoms with Gasteiger partial charge in [-0.15, -0.1) is 24.0 Å². The molecule has 0 bridgehead atoms. The van der Waals surface area contributed by atoms with Gasteiger partial charge in [0.25, 0.3) is 0 Å². The van der Waals surface area contributed by atoms with E-state index in [1.54, 1.807) is 19.0 Å². The molecule has 152 valence electrons. The number of hydrogen-bond acceptors (Lipinski definition) is 3. The van der Waals surface area contributed by atoms with E-state index in [0.717, 1.165) is 36.8 Å². The Morgan fingerprint density at radius 1 is 1.41 bits per heavy atom. The van der Waals surface area contributed by atoms with E-state index in [0.29, 0.717) is 11.9 Å². The Hall–Kier alpha value is -1.22. The van der Waals surface area contributed by atoms with E-state index in [-0.39, 0.29) is 42.5 Å². The zero-order valence-electron chi connectivity index (χ0n) is 16.5. The van der Waals surface area contributed by atoms with Gasteiger partial charge in [-0.1, -0.05) is 31.5 Å². The molecule has 0 radical (unpaired) electrons. The van der Waals surface area contributed by atoms with Crippen molar-refractivity contribution in [3.63, 3.8) is 0 Å². The molecule has 1 atom stereocenters. The summed E-state index contributed by atoms with van der Waals surface area (Å²) in [6.45, 7) is 7.09. The van der Waals surface area contributed by atoms with Gasteiger partial charge in [-0.2, -0.15) is 0 Å². The number of carbonyl (C=O) groups excluding carboxylic acids is 1. The summed E-state index contributed by atoms with van der Waals surface area (Å²) in [5.41, 5.74) is 1.14. The highest BCUT2D eigenvalue weighted by Gasteiger charge is 2.23. The molecule has 2 N–H and O–H groups in total. The number of nitrogens with one attached hydrogen (secondary N) is 2. The number of halogens is 2. The minimum Gasteiger partial charge on any atom is -0.369 e. The summed E-state index contributed by atoms with van der Waals surface area (Å²) in [7, 11) is 3.48. The number of rotatable bonds is 6. The summed E-state index contributed by atoms with van der Waals surface area (Å²) >= 11 is 6.10. The normalized spacial score (nSPS) is 16.9. The van der Waals surface area contributed by atoms with Crippen LogP contribution in [-0.4, -0.2) is 63.1 Å². The van der Waals surface area contributed by atoms with Gasteiger partial charge in [0.15, 0.2) is 5.96 Å². The van der Waals surface area contributed by atoms with Crippen molar-refractivity contribution in [2.75, 3.05) is 45.2 Å². The van der Waals surface area contributed by atoms with Crippen LogP contribution in [0.4, 0.5) is 5.69 Å². The molecule has 1 heterocycles. The second-order valence-corrected chi connectivity index (χ2v) is 7.72. The van der Waals surface area contributed by atoms with Gasteiger partial charge in [-0.3, -0.25) is 4.79 Å². The Labute approximate surface area is 184 Å². The molecule has 0 saturated carbocycles. The van der Waals surface area contributed by atoms with E-state index in [1.807, 2.05) is 18.2 Å². The first-order valence-corrected chi connectivity index (χ1v) is 9.48. The first-order valence-electron chi connectivity index (χ1n) is 9.10. The maximum atomic E-state index is 11.8. The summed E-state index contributed by atoms with van der Waals surface area (Å²) in [6, 6.07) is 8.21. The standard InChI is InChI=1S/C19H30ClN5O.HI/c1-14(2)11-21-19(22-12-18(26)24(3)4)23-16-8-9-25(13-16)17-7-5-6-15(20)10-17;/h5-7,10,14,16H,8-9,11-13H2,1-4H3,(H2,21,22,23);1H. The van der Waals surface area contributed by atoms with Crippen molar-refractivity contribution in [3.05, 3.63) is 29.3 Å². The number of anilines is 1. The smallest absolute Gasteiger partial charge is 0.243 e. The maximum absolute atomic E-state index is 11.8. The monoisotopic (exact) mass is 507 g/mol. The predicted octanol–water partition coefficient (Wildman–Crippen LogP) is 2.82. The van der Waals surface area contributed by atoms with E-state index in [2.05, 4.69) is 40.4 Å². The highest BCUT2D eigenvalue weighted by atomic mass is 127. The Bertz CT molecular complexity index is 638. The molecule has 1 fully saturated rings. The van der Waals surface area contributed by atoms with E-state index in [4.69, 9.17) is 11.6 Å². The van der Waals surface area contributed by atoms with Crippen molar-refractivity contribution in [3.8, 4) is 0 Å². The number of nitrogens with zero attached hydrogens (tertiary/aromatic N) is 3. The summed E-state index contributed by atoms with van der Waals surface area (Å²) in [5, 5.41) is 7.56. The van der Waals surface area contributed by atoms with Gasteiger partial charge in [-0.05, 0) is 30.5 Å². The molecule has 6 nitrogen and oxygen atoms in total. The second kappa shape index (κ2) is 11.6. The molecule has 1 unspecified atom stereocenters. The average molecular weight is 508 g/mol. The van der Waals surface area contributed by atoms with E-state index in [1.165, 1.54) is 0 Å². The lowest BCUT2D eigenvalue weighted by molar-refractivity contribution is -0.127. The van der Waals surface area contributed by atoms with Gasteiger partial charge < -0.3 is 20.4 Å².